The normalized spacial score (nSPS) is 19.3. The van der Waals surface area contributed by atoms with Crippen LogP contribution in [0.2, 0.25) is 0 Å². The fourth-order valence-electron chi connectivity index (χ4n) is 2.05. The third kappa shape index (κ3) is 3.53. The second-order valence-electron chi connectivity index (χ2n) is 4.50. The molecule has 3 rings (SSSR count). The predicted octanol–water partition coefficient (Wildman–Crippen LogP) is 2.09. The Kier molecular flexibility index (Phi) is 4.07. The maximum absolute atomic E-state index is 5.60. The highest BCUT2D eigenvalue weighted by atomic mass is 32.1. The van der Waals surface area contributed by atoms with Gasteiger partial charge in [-0.05, 0) is 5.56 Å². The molecule has 19 heavy (non-hydrogen) atoms. The van der Waals surface area contributed by atoms with Gasteiger partial charge in [-0.2, -0.15) is 0 Å². The van der Waals surface area contributed by atoms with Crippen molar-refractivity contribution < 1.29 is 4.74 Å². The standard InChI is InChI=1S/C14H17N3OS/c1-2-4-11(5-3-1)8-12-9-16-14(19-12)17-13-10-15-6-7-18-13/h1-5,9,13,15H,6-8,10H2,(H,16,17). The molecule has 100 valence electrons. The minimum atomic E-state index is 0.0319. The van der Waals surface area contributed by atoms with E-state index in [0.29, 0.717) is 0 Å². The Labute approximate surface area is 116 Å². The molecule has 1 fully saturated rings. The predicted molar refractivity (Wildman–Crippen MR) is 77.6 cm³/mol. The molecule has 1 aromatic heterocycles. The summed E-state index contributed by atoms with van der Waals surface area (Å²) in [6.45, 7) is 2.50. The Balaban J connectivity index is 1.59. The Morgan fingerprint density at radius 1 is 1.37 bits per heavy atom. The van der Waals surface area contributed by atoms with Crippen molar-refractivity contribution in [3.05, 3.63) is 47.0 Å². The van der Waals surface area contributed by atoms with Gasteiger partial charge in [0, 0.05) is 30.6 Å². The van der Waals surface area contributed by atoms with Gasteiger partial charge in [-0.15, -0.1) is 11.3 Å². The van der Waals surface area contributed by atoms with Crippen molar-refractivity contribution in [3.63, 3.8) is 0 Å². The van der Waals surface area contributed by atoms with E-state index in [1.807, 2.05) is 12.3 Å². The molecule has 1 aliphatic rings. The summed E-state index contributed by atoms with van der Waals surface area (Å²) in [6.07, 6.45) is 2.91. The van der Waals surface area contributed by atoms with Gasteiger partial charge >= 0.3 is 0 Å². The number of anilines is 1. The van der Waals surface area contributed by atoms with Crippen LogP contribution in [0, 0.1) is 0 Å². The third-order valence-corrected chi connectivity index (χ3v) is 3.92. The number of ether oxygens (including phenoxy) is 1. The molecule has 0 aliphatic carbocycles. The van der Waals surface area contributed by atoms with Crippen LogP contribution in [0.5, 0.6) is 0 Å². The van der Waals surface area contributed by atoms with Gasteiger partial charge in [0.1, 0.15) is 6.23 Å². The smallest absolute Gasteiger partial charge is 0.184 e. The first-order valence-electron chi connectivity index (χ1n) is 6.47. The highest BCUT2D eigenvalue weighted by Crippen LogP contribution is 2.22. The molecule has 2 N–H and O–H groups in total. The lowest BCUT2D eigenvalue weighted by Gasteiger charge is -2.23. The van der Waals surface area contributed by atoms with E-state index in [9.17, 15) is 0 Å². The minimum absolute atomic E-state index is 0.0319. The molecule has 0 spiro atoms. The van der Waals surface area contributed by atoms with Gasteiger partial charge in [0.05, 0.1) is 6.61 Å². The van der Waals surface area contributed by atoms with Gasteiger partial charge < -0.3 is 15.4 Å². The van der Waals surface area contributed by atoms with Crippen molar-refractivity contribution in [2.75, 3.05) is 25.0 Å². The minimum Gasteiger partial charge on any atom is -0.356 e. The van der Waals surface area contributed by atoms with E-state index in [0.717, 1.165) is 31.2 Å². The van der Waals surface area contributed by atoms with Crippen LogP contribution in [0.1, 0.15) is 10.4 Å². The van der Waals surface area contributed by atoms with Crippen LogP contribution in [0.15, 0.2) is 36.5 Å². The summed E-state index contributed by atoms with van der Waals surface area (Å²) in [7, 11) is 0. The first-order chi connectivity index (χ1) is 9.40. The second-order valence-corrected chi connectivity index (χ2v) is 5.62. The number of rotatable bonds is 4. The van der Waals surface area contributed by atoms with Crippen molar-refractivity contribution in [3.8, 4) is 0 Å². The van der Waals surface area contributed by atoms with Crippen LogP contribution < -0.4 is 10.6 Å². The van der Waals surface area contributed by atoms with Crippen molar-refractivity contribution in [1.82, 2.24) is 10.3 Å². The fourth-order valence-corrected chi connectivity index (χ4v) is 2.94. The Morgan fingerprint density at radius 3 is 3.05 bits per heavy atom. The number of morpholine rings is 1. The first-order valence-corrected chi connectivity index (χ1v) is 7.29. The van der Waals surface area contributed by atoms with Crippen LogP contribution >= 0.6 is 11.3 Å². The van der Waals surface area contributed by atoms with E-state index < -0.39 is 0 Å². The maximum Gasteiger partial charge on any atom is 0.184 e. The number of hydrogen-bond acceptors (Lipinski definition) is 5. The van der Waals surface area contributed by atoms with E-state index in [4.69, 9.17) is 4.74 Å². The molecule has 5 heteroatoms. The molecular weight excluding hydrogens is 258 g/mol. The number of thiazole rings is 1. The molecule has 0 saturated carbocycles. The Hall–Kier alpha value is -1.43. The molecule has 4 nitrogen and oxygen atoms in total. The summed E-state index contributed by atoms with van der Waals surface area (Å²) >= 11 is 1.69. The van der Waals surface area contributed by atoms with Gasteiger partial charge in [-0.25, -0.2) is 4.98 Å². The molecule has 1 atom stereocenters. The summed E-state index contributed by atoms with van der Waals surface area (Å²) in [5.41, 5.74) is 1.31. The van der Waals surface area contributed by atoms with E-state index in [2.05, 4.69) is 39.9 Å². The zero-order valence-corrected chi connectivity index (χ0v) is 11.5. The molecule has 1 unspecified atom stereocenters. The zero-order chi connectivity index (χ0) is 12.9. The van der Waals surface area contributed by atoms with E-state index in [1.54, 1.807) is 11.3 Å². The molecule has 2 heterocycles. The molecule has 0 amide bonds. The Bertz CT molecular complexity index is 508. The van der Waals surface area contributed by atoms with Crippen LogP contribution in [-0.2, 0) is 11.2 Å². The van der Waals surface area contributed by atoms with Crippen LogP contribution in [-0.4, -0.2) is 30.9 Å². The third-order valence-electron chi connectivity index (χ3n) is 2.99. The van der Waals surface area contributed by atoms with Crippen LogP contribution in [0.4, 0.5) is 5.13 Å². The van der Waals surface area contributed by atoms with E-state index >= 15 is 0 Å². The zero-order valence-electron chi connectivity index (χ0n) is 10.6. The number of nitrogens with one attached hydrogen (secondary N) is 2. The number of nitrogens with zero attached hydrogens (tertiary/aromatic N) is 1. The van der Waals surface area contributed by atoms with Gasteiger partial charge in [-0.1, -0.05) is 30.3 Å². The SMILES string of the molecule is c1ccc(Cc2cnc(NC3CNCCO3)s2)cc1. The lowest BCUT2D eigenvalue weighted by Crippen LogP contribution is -2.42. The highest BCUT2D eigenvalue weighted by Gasteiger charge is 2.14. The number of hydrogen-bond donors (Lipinski definition) is 2. The first kappa shape index (κ1) is 12.6. The lowest BCUT2D eigenvalue weighted by molar-refractivity contribution is 0.0468. The quantitative estimate of drug-likeness (QED) is 0.897. The van der Waals surface area contributed by atoms with Gasteiger partial charge in [0.15, 0.2) is 5.13 Å². The molecule has 1 aliphatic heterocycles. The van der Waals surface area contributed by atoms with Gasteiger partial charge in [0.25, 0.3) is 0 Å². The average molecular weight is 275 g/mol. The van der Waals surface area contributed by atoms with Gasteiger partial charge in [0.2, 0.25) is 0 Å². The summed E-state index contributed by atoms with van der Waals surface area (Å²) in [5.74, 6) is 0. The maximum atomic E-state index is 5.60. The van der Waals surface area contributed by atoms with Crippen LogP contribution in [0.25, 0.3) is 0 Å². The molecule has 0 radical (unpaired) electrons. The largest absolute Gasteiger partial charge is 0.356 e. The Morgan fingerprint density at radius 2 is 2.26 bits per heavy atom. The fraction of sp³-hybridized carbons (Fsp3) is 0.357. The highest BCUT2D eigenvalue weighted by molar-refractivity contribution is 7.15. The van der Waals surface area contributed by atoms with Crippen LogP contribution in [0.3, 0.4) is 0 Å². The number of benzene rings is 1. The van der Waals surface area contributed by atoms with E-state index in [-0.39, 0.29) is 6.23 Å². The lowest BCUT2D eigenvalue weighted by atomic mass is 10.1. The van der Waals surface area contributed by atoms with Crippen molar-refractivity contribution in [1.29, 1.82) is 0 Å². The average Bonchev–Trinajstić information content (AvgIpc) is 2.88. The molecule has 1 aromatic carbocycles. The van der Waals surface area contributed by atoms with Crippen molar-refractivity contribution in [2.24, 2.45) is 0 Å². The van der Waals surface area contributed by atoms with E-state index in [1.165, 1.54) is 10.4 Å². The number of aromatic nitrogens is 1. The summed E-state index contributed by atoms with van der Waals surface area (Å²) < 4.78 is 5.60. The topological polar surface area (TPSA) is 46.2 Å². The molecule has 2 aromatic rings. The van der Waals surface area contributed by atoms with Gasteiger partial charge in [-0.3, -0.25) is 0 Å². The summed E-state index contributed by atoms with van der Waals surface area (Å²) in [5, 5.41) is 7.53. The van der Waals surface area contributed by atoms with Crippen molar-refractivity contribution in [2.45, 2.75) is 12.6 Å². The molecule has 1 saturated heterocycles. The summed E-state index contributed by atoms with van der Waals surface area (Å²) in [4.78, 5) is 5.67. The van der Waals surface area contributed by atoms with Crippen molar-refractivity contribution >= 4 is 16.5 Å². The monoisotopic (exact) mass is 275 g/mol. The molecular formula is C14H17N3OS. The summed E-state index contributed by atoms with van der Waals surface area (Å²) in [6, 6.07) is 10.5. The second kappa shape index (κ2) is 6.14. The molecule has 0 bridgehead atoms.